The zero-order chi connectivity index (χ0) is 5.11. The molecule has 1 aliphatic heterocycles. The second kappa shape index (κ2) is 3.57. The molecule has 1 aliphatic rings. The van der Waals surface area contributed by atoms with Gasteiger partial charge in [-0.3, -0.25) is 0 Å². The van der Waals surface area contributed by atoms with Crippen molar-refractivity contribution in [3.05, 3.63) is 0 Å². The SMILES string of the molecule is O.O=CC1CCOC1. The maximum atomic E-state index is 9.93. The molecule has 1 unspecified atom stereocenters. The smallest absolute Gasteiger partial charge is 0.125 e. The van der Waals surface area contributed by atoms with Crippen molar-refractivity contribution in [2.45, 2.75) is 6.42 Å². The largest absolute Gasteiger partial charge is 0.412 e. The summed E-state index contributed by atoms with van der Waals surface area (Å²) in [6.45, 7) is 1.41. The third-order valence-electron chi connectivity index (χ3n) is 1.16. The Kier molecular flexibility index (Phi) is 3.39. The molecule has 3 nitrogen and oxygen atoms in total. The number of carbonyl (C=O) groups excluding carboxylic acids is 1. The minimum Gasteiger partial charge on any atom is -0.412 e. The Morgan fingerprint density at radius 1 is 1.62 bits per heavy atom. The quantitative estimate of drug-likeness (QED) is 0.431. The van der Waals surface area contributed by atoms with Gasteiger partial charge in [0.1, 0.15) is 6.29 Å². The lowest BCUT2D eigenvalue weighted by Crippen LogP contribution is -1.98. The highest BCUT2D eigenvalue weighted by molar-refractivity contribution is 5.53. The minimum absolute atomic E-state index is 0. The van der Waals surface area contributed by atoms with Crippen molar-refractivity contribution in [3.8, 4) is 0 Å². The van der Waals surface area contributed by atoms with Crippen LogP contribution in [0.3, 0.4) is 0 Å². The molecule has 1 saturated heterocycles. The maximum absolute atomic E-state index is 9.93. The zero-order valence-electron chi connectivity index (χ0n) is 4.59. The Morgan fingerprint density at radius 2 is 2.38 bits per heavy atom. The Balaban J connectivity index is 0.000000490. The second-order valence-corrected chi connectivity index (χ2v) is 1.76. The predicted molar refractivity (Wildman–Crippen MR) is 28.6 cm³/mol. The van der Waals surface area contributed by atoms with Crippen molar-refractivity contribution < 1.29 is 15.0 Å². The number of hydrogen-bond donors (Lipinski definition) is 0. The topological polar surface area (TPSA) is 57.8 Å². The van der Waals surface area contributed by atoms with E-state index in [0.29, 0.717) is 6.61 Å². The fourth-order valence-electron chi connectivity index (χ4n) is 0.660. The van der Waals surface area contributed by atoms with Crippen LogP contribution < -0.4 is 0 Å². The lowest BCUT2D eigenvalue weighted by atomic mass is 10.2. The summed E-state index contributed by atoms with van der Waals surface area (Å²) >= 11 is 0. The molecule has 1 atom stereocenters. The first-order valence-electron chi connectivity index (χ1n) is 2.46. The molecule has 0 aliphatic carbocycles. The third-order valence-corrected chi connectivity index (χ3v) is 1.16. The van der Waals surface area contributed by atoms with E-state index in [1.165, 1.54) is 0 Å². The van der Waals surface area contributed by atoms with Crippen LogP contribution in [0.15, 0.2) is 0 Å². The number of aldehydes is 1. The van der Waals surface area contributed by atoms with Gasteiger partial charge in [0.25, 0.3) is 0 Å². The van der Waals surface area contributed by atoms with Crippen LogP contribution in [-0.2, 0) is 9.53 Å². The van der Waals surface area contributed by atoms with E-state index in [1.807, 2.05) is 0 Å². The lowest BCUT2D eigenvalue weighted by Gasteiger charge is -1.88. The van der Waals surface area contributed by atoms with Gasteiger partial charge >= 0.3 is 0 Å². The number of carbonyl (C=O) groups is 1. The summed E-state index contributed by atoms with van der Waals surface area (Å²) in [7, 11) is 0. The van der Waals surface area contributed by atoms with Gasteiger partial charge in [0.15, 0.2) is 0 Å². The summed E-state index contributed by atoms with van der Waals surface area (Å²) < 4.78 is 4.92. The van der Waals surface area contributed by atoms with Gasteiger partial charge in [0.05, 0.1) is 6.61 Å². The van der Waals surface area contributed by atoms with E-state index >= 15 is 0 Å². The first-order valence-corrected chi connectivity index (χ1v) is 2.46. The van der Waals surface area contributed by atoms with Crippen LogP contribution in [0.1, 0.15) is 6.42 Å². The van der Waals surface area contributed by atoms with Crippen LogP contribution in [-0.4, -0.2) is 25.0 Å². The normalized spacial score (nSPS) is 26.8. The summed E-state index contributed by atoms with van der Waals surface area (Å²) in [4.78, 5) is 9.93. The predicted octanol–water partition coefficient (Wildman–Crippen LogP) is -0.603. The molecule has 0 radical (unpaired) electrons. The Hall–Kier alpha value is -0.410. The molecule has 8 heavy (non-hydrogen) atoms. The van der Waals surface area contributed by atoms with E-state index in [2.05, 4.69) is 0 Å². The average molecular weight is 118 g/mol. The molecule has 0 aromatic rings. The Morgan fingerprint density at radius 3 is 2.62 bits per heavy atom. The van der Waals surface area contributed by atoms with Gasteiger partial charge in [-0.15, -0.1) is 0 Å². The van der Waals surface area contributed by atoms with E-state index in [4.69, 9.17) is 4.74 Å². The van der Waals surface area contributed by atoms with Crippen LogP contribution in [0, 0.1) is 5.92 Å². The van der Waals surface area contributed by atoms with E-state index in [9.17, 15) is 4.79 Å². The number of ether oxygens (including phenoxy) is 1. The molecule has 48 valence electrons. The van der Waals surface area contributed by atoms with Crippen molar-refractivity contribution in [3.63, 3.8) is 0 Å². The van der Waals surface area contributed by atoms with Crippen LogP contribution in [0.5, 0.6) is 0 Å². The first kappa shape index (κ1) is 7.59. The molecule has 0 aromatic carbocycles. The average Bonchev–Trinajstić information content (AvgIpc) is 2.14. The van der Waals surface area contributed by atoms with Crippen molar-refractivity contribution in [1.82, 2.24) is 0 Å². The summed E-state index contributed by atoms with van der Waals surface area (Å²) in [5, 5.41) is 0. The lowest BCUT2D eigenvalue weighted by molar-refractivity contribution is -0.111. The minimum atomic E-state index is 0. The van der Waals surface area contributed by atoms with Crippen molar-refractivity contribution >= 4 is 6.29 Å². The molecule has 0 saturated carbocycles. The van der Waals surface area contributed by atoms with Crippen LogP contribution in [0.4, 0.5) is 0 Å². The molecular formula is C5H10O3. The number of rotatable bonds is 1. The van der Waals surface area contributed by atoms with Crippen LogP contribution in [0.25, 0.3) is 0 Å². The fraction of sp³-hybridized carbons (Fsp3) is 0.800. The van der Waals surface area contributed by atoms with Crippen LogP contribution in [0.2, 0.25) is 0 Å². The number of hydrogen-bond acceptors (Lipinski definition) is 2. The Bertz CT molecular complexity index is 66.1. The molecule has 0 amide bonds. The third kappa shape index (κ3) is 1.60. The second-order valence-electron chi connectivity index (χ2n) is 1.76. The zero-order valence-corrected chi connectivity index (χ0v) is 4.59. The van der Waals surface area contributed by atoms with Gasteiger partial charge < -0.3 is 15.0 Å². The summed E-state index contributed by atoms with van der Waals surface area (Å²) in [5.74, 6) is 0.194. The van der Waals surface area contributed by atoms with E-state index in [-0.39, 0.29) is 11.4 Å². The van der Waals surface area contributed by atoms with Crippen molar-refractivity contribution in [2.24, 2.45) is 5.92 Å². The van der Waals surface area contributed by atoms with Gasteiger partial charge in [-0.05, 0) is 6.42 Å². The first-order chi connectivity index (χ1) is 3.43. The molecule has 1 heterocycles. The van der Waals surface area contributed by atoms with Crippen molar-refractivity contribution in [1.29, 1.82) is 0 Å². The molecule has 0 spiro atoms. The van der Waals surface area contributed by atoms with Gasteiger partial charge in [-0.25, -0.2) is 0 Å². The highest BCUT2D eigenvalue weighted by atomic mass is 16.5. The molecular weight excluding hydrogens is 108 g/mol. The van der Waals surface area contributed by atoms with E-state index < -0.39 is 0 Å². The van der Waals surface area contributed by atoms with Gasteiger partial charge in [-0.1, -0.05) is 0 Å². The van der Waals surface area contributed by atoms with Gasteiger partial charge in [0.2, 0.25) is 0 Å². The van der Waals surface area contributed by atoms with Gasteiger partial charge in [0, 0.05) is 12.5 Å². The highest BCUT2D eigenvalue weighted by Gasteiger charge is 2.12. The Labute approximate surface area is 47.9 Å². The van der Waals surface area contributed by atoms with Gasteiger partial charge in [-0.2, -0.15) is 0 Å². The van der Waals surface area contributed by atoms with Crippen molar-refractivity contribution in [2.75, 3.05) is 13.2 Å². The maximum Gasteiger partial charge on any atom is 0.125 e. The summed E-state index contributed by atoms with van der Waals surface area (Å²) in [5.41, 5.74) is 0. The summed E-state index contributed by atoms with van der Waals surface area (Å²) in [6.07, 6.45) is 1.89. The summed E-state index contributed by atoms with van der Waals surface area (Å²) in [6, 6.07) is 0. The van der Waals surface area contributed by atoms with E-state index in [1.54, 1.807) is 0 Å². The molecule has 0 bridgehead atoms. The van der Waals surface area contributed by atoms with E-state index in [0.717, 1.165) is 19.3 Å². The monoisotopic (exact) mass is 118 g/mol. The molecule has 2 N–H and O–H groups in total. The molecule has 3 heteroatoms. The fourth-order valence-corrected chi connectivity index (χ4v) is 0.660. The molecule has 0 aromatic heterocycles. The highest BCUT2D eigenvalue weighted by Crippen LogP contribution is 2.07. The molecule has 1 rings (SSSR count). The standard InChI is InChI=1S/C5H8O2.H2O/c6-3-5-1-2-7-4-5;/h3,5H,1-2,4H2;1H2. The van der Waals surface area contributed by atoms with Crippen LogP contribution >= 0.6 is 0 Å². The molecule has 1 fully saturated rings.